The van der Waals surface area contributed by atoms with Crippen molar-refractivity contribution in [2.45, 2.75) is 20.4 Å². The van der Waals surface area contributed by atoms with Crippen molar-refractivity contribution in [1.29, 1.82) is 0 Å². The lowest BCUT2D eigenvalue weighted by Gasteiger charge is -2.08. The predicted octanol–water partition coefficient (Wildman–Crippen LogP) is 3.33. The number of aromatic nitrogens is 4. The fourth-order valence-electron chi connectivity index (χ4n) is 2.62. The molecule has 1 amide bonds. The van der Waals surface area contributed by atoms with Gasteiger partial charge in [0.25, 0.3) is 5.91 Å². The van der Waals surface area contributed by atoms with Gasteiger partial charge in [0.05, 0.1) is 23.6 Å². The molecule has 0 unspecified atom stereocenters. The average molecular weight is 362 g/mol. The highest BCUT2D eigenvalue weighted by Crippen LogP contribution is 2.24. The van der Waals surface area contributed by atoms with Gasteiger partial charge >= 0.3 is 0 Å². The number of carbonyl (C=O) groups excluding carboxylic acids is 1. The van der Waals surface area contributed by atoms with Crippen LogP contribution >= 0.6 is 11.6 Å². The van der Waals surface area contributed by atoms with Crippen LogP contribution in [-0.2, 0) is 13.6 Å². The maximum absolute atomic E-state index is 13.2. The maximum atomic E-state index is 13.2. The number of halogens is 2. The number of nitrogens with zero attached hydrogens (tertiary/aromatic N) is 4. The third kappa shape index (κ3) is 3.41. The van der Waals surface area contributed by atoms with Gasteiger partial charge in [-0.1, -0.05) is 17.7 Å². The lowest BCUT2D eigenvalue weighted by Crippen LogP contribution is -2.17. The highest BCUT2D eigenvalue weighted by atomic mass is 35.5. The summed E-state index contributed by atoms with van der Waals surface area (Å²) >= 11 is 6.09. The average Bonchev–Trinajstić information content (AvgIpc) is 3.09. The molecule has 0 bridgehead atoms. The first-order chi connectivity index (χ1) is 11.9. The van der Waals surface area contributed by atoms with Gasteiger partial charge in [-0.15, -0.1) is 0 Å². The van der Waals surface area contributed by atoms with E-state index in [1.807, 2.05) is 13.8 Å². The number of aryl methyl sites for hydroxylation is 2. The molecule has 0 saturated carbocycles. The number of hydrogen-bond donors (Lipinski definition) is 1. The summed E-state index contributed by atoms with van der Waals surface area (Å²) in [6.45, 7) is 4.05. The molecular weight excluding hydrogens is 345 g/mol. The van der Waals surface area contributed by atoms with Gasteiger partial charge in [0.15, 0.2) is 0 Å². The van der Waals surface area contributed by atoms with Crippen LogP contribution in [0.4, 0.5) is 10.1 Å². The van der Waals surface area contributed by atoms with Crippen molar-refractivity contribution in [3.63, 3.8) is 0 Å². The molecule has 25 heavy (non-hydrogen) atoms. The monoisotopic (exact) mass is 361 g/mol. The zero-order chi connectivity index (χ0) is 18.1. The highest BCUT2D eigenvalue weighted by Gasteiger charge is 2.17. The zero-order valence-electron chi connectivity index (χ0n) is 14.0. The second-order valence-corrected chi connectivity index (χ2v) is 6.14. The Hall–Kier alpha value is -2.67. The normalized spacial score (nSPS) is 10.9. The van der Waals surface area contributed by atoms with E-state index in [1.54, 1.807) is 30.1 Å². The summed E-state index contributed by atoms with van der Waals surface area (Å²) in [6, 6.07) is 5.90. The minimum Gasteiger partial charge on any atom is -0.317 e. The lowest BCUT2D eigenvalue weighted by atomic mass is 10.2. The molecule has 0 aliphatic rings. The Kier molecular flexibility index (Phi) is 4.59. The summed E-state index contributed by atoms with van der Waals surface area (Å²) in [4.78, 5) is 12.4. The van der Waals surface area contributed by atoms with Crippen molar-refractivity contribution in [1.82, 2.24) is 19.6 Å². The predicted molar refractivity (Wildman–Crippen MR) is 93.4 cm³/mol. The van der Waals surface area contributed by atoms with E-state index in [1.165, 1.54) is 16.8 Å². The van der Waals surface area contributed by atoms with Crippen LogP contribution in [0, 0.1) is 19.7 Å². The van der Waals surface area contributed by atoms with Gasteiger partial charge in [0.1, 0.15) is 11.5 Å². The summed E-state index contributed by atoms with van der Waals surface area (Å²) in [5, 5.41) is 11.7. The molecule has 1 N–H and O–H groups in total. The molecule has 2 heterocycles. The Morgan fingerprint density at radius 2 is 2.08 bits per heavy atom. The SMILES string of the molecule is Cc1nn(Cc2ccc(F)cc2Cl)c(C)c1NC(=O)c1ccnn1C. The second kappa shape index (κ2) is 6.68. The standard InChI is InChI=1S/C17H17ClFN5O/c1-10-16(21-17(25)15-6-7-20-23(15)3)11(2)24(22-10)9-12-4-5-13(19)8-14(12)18/h4-8H,9H2,1-3H3,(H,21,25). The van der Waals surface area contributed by atoms with E-state index in [0.29, 0.717) is 28.6 Å². The van der Waals surface area contributed by atoms with Gasteiger partial charge in [-0.3, -0.25) is 14.2 Å². The Balaban J connectivity index is 1.86. The van der Waals surface area contributed by atoms with E-state index in [2.05, 4.69) is 15.5 Å². The van der Waals surface area contributed by atoms with Gasteiger partial charge in [-0.2, -0.15) is 10.2 Å². The van der Waals surface area contributed by atoms with E-state index >= 15 is 0 Å². The van der Waals surface area contributed by atoms with Gasteiger partial charge in [-0.05, 0) is 37.6 Å². The molecule has 0 saturated heterocycles. The van der Waals surface area contributed by atoms with Gasteiger partial charge in [-0.25, -0.2) is 4.39 Å². The van der Waals surface area contributed by atoms with Crippen molar-refractivity contribution < 1.29 is 9.18 Å². The van der Waals surface area contributed by atoms with E-state index in [9.17, 15) is 9.18 Å². The Morgan fingerprint density at radius 3 is 2.72 bits per heavy atom. The molecule has 6 nitrogen and oxygen atoms in total. The largest absolute Gasteiger partial charge is 0.317 e. The van der Waals surface area contributed by atoms with Crippen molar-refractivity contribution in [3.05, 3.63) is 63.9 Å². The molecule has 3 rings (SSSR count). The molecule has 0 aliphatic carbocycles. The number of carbonyl (C=O) groups is 1. The summed E-state index contributed by atoms with van der Waals surface area (Å²) in [7, 11) is 1.70. The van der Waals surface area contributed by atoms with Crippen LogP contribution in [0.15, 0.2) is 30.5 Å². The third-order valence-corrected chi connectivity index (χ3v) is 4.36. The van der Waals surface area contributed by atoms with Crippen molar-refractivity contribution >= 4 is 23.2 Å². The number of nitrogens with one attached hydrogen (secondary N) is 1. The van der Waals surface area contributed by atoms with E-state index in [-0.39, 0.29) is 11.7 Å². The van der Waals surface area contributed by atoms with Crippen molar-refractivity contribution in [2.75, 3.05) is 5.32 Å². The summed E-state index contributed by atoms with van der Waals surface area (Å²) < 4.78 is 16.4. The summed E-state index contributed by atoms with van der Waals surface area (Å²) in [5.41, 5.74) is 3.32. The zero-order valence-corrected chi connectivity index (χ0v) is 14.8. The van der Waals surface area contributed by atoms with Crippen LogP contribution in [0.1, 0.15) is 27.4 Å². The summed E-state index contributed by atoms with van der Waals surface area (Å²) in [6.07, 6.45) is 1.56. The second-order valence-electron chi connectivity index (χ2n) is 5.73. The maximum Gasteiger partial charge on any atom is 0.274 e. The molecule has 1 aromatic carbocycles. The summed E-state index contributed by atoms with van der Waals surface area (Å²) in [5.74, 6) is -0.642. The quantitative estimate of drug-likeness (QED) is 0.775. The number of amides is 1. The minimum atomic E-state index is -0.383. The van der Waals surface area contributed by atoms with E-state index in [0.717, 1.165) is 11.3 Å². The Labute approximate surface area is 149 Å². The first-order valence-electron chi connectivity index (χ1n) is 7.64. The first-order valence-corrected chi connectivity index (χ1v) is 8.02. The van der Waals surface area contributed by atoms with Gasteiger partial charge < -0.3 is 5.32 Å². The minimum absolute atomic E-state index is 0.259. The molecule has 0 atom stereocenters. The van der Waals surface area contributed by atoms with Gasteiger partial charge in [0.2, 0.25) is 0 Å². The number of hydrogen-bond acceptors (Lipinski definition) is 3. The highest BCUT2D eigenvalue weighted by molar-refractivity contribution is 6.31. The number of benzene rings is 1. The molecule has 0 aliphatic heterocycles. The van der Waals surface area contributed by atoms with Crippen LogP contribution in [0.5, 0.6) is 0 Å². The van der Waals surface area contributed by atoms with Gasteiger partial charge in [0, 0.05) is 18.3 Å². The molecule has 0 radical (unpaired) electrons. The molecule has 0 spiro atoms. The third-order valence-electron chi connectivity index (χ3n) is 4.01. The molecular formula is C17H17ClFN5O. The van der Waals surface area contributed by atoms with Crippen LogP contribution in [0.3, 0.4) is 0 Å². The smallest absolute Gasteiger partial charge is 0.274 e. The van der Waals surface area contributed by atoms with Crippen LogP contribution < -0.4 is 5.32 Å². The molecule has 2 aromatic heterocycles. The topological polar surface area (TPSA) is 64.7 Å². The Morgan fingerprint density at radius 1 is 1.32 bits per heavy atom. The van der Waals surface area contributed by atoms with Crippen LogP contribution in [0.25, 0.3) is 0 Å². The molecule has 0 fully saturated rings. The van der Waals surface area contributed by atoms with E-state index < -0.39 is 0 Å². The van der Waals surface area contributed by atoms with Crippen molar-refractivity contribution in [2.24, 2.45) is 7.05 Å². The molecule has 8 heteroatoms. The Bertz CT molecular complexity index is 947. The number of rotatable bonds is 4. The molecule has 130 valence electrons. The van der Waals surface area contributed by atoms with Crippen molar-refractivity contribution in [3.8, 4) is 0 Å². The lowest BCUT2D eigenvalue weighted by molar-refractivity contribution is 0.101. The fraction of sp³-hybridized carbons (Fsp3) is 0.235. The number of anilines is 1. The first kappa shape index (κ1) is 17.2. The van der Waals surface area contributed by atoms with Crippen LogP contribution in [0.2, 0.25) is 5.02 Å². The van der Waals surface area contributed by atoms with E-state index in [4.69, 9.17) is 11.6 Å². The molecule has 3 aromatic rings. The van der Waals surface area contributed by atoms with Crippen LogP contribution in [-0.4, -0.2) is 25.5 Å². The fourth-order valence-corrected chi connectivity index (χ4v) is 2.84.